The zero-order valence-electron chi connectivity index (χ0n) is 13.8. The summed E-state index contributed by atoms with van der Waals surface area (Å²) in [5, 5.41) is 13.7. The number of rotatable bonds is 6. The number of benzene rings is 2. The third-order valence-electron chi connectivity index (χ3n) is 3.85. The Hall–Kier alpha value is -2.71. The molecule has 0 saturated heterocycles. The number of para-hydroxylation sites is 1. The number of carbonyl (C=O) groups excluding carboxylic acids is 1. The van der Waals surface area contributed by atoms with Crippen molar-refractivity contribution in [1.82, 2.24) is 0 Å². The monoisotopic (exact) mass is 326 g/mol. The molecule has 0 aromatic heterocycles. The molecule has 1 atom stereocenters. The van der Waals surface area contributed by atoms with Gasteiger partial charge in [-0.25, -0.2) is 4.39 Å². The summed E-state index contributed by atoms with van der Waals surface area (Å²) in [6.07, 6.45) is 0. The largest absolute Gasteiger partial charge is 0.332 e. The molecule has 1 amide bonds. The summed E-state index contributed by atoms with van der Waals surface area (Å²) in [5.41, 5.74) is 1.93. The fourth-order valence-electron chi connectivity index (χ4n) is 2.60. The highest BCUT2D eigenvalue weighted by molar-refractivity contribution is 5.92. The molecule has 5 heteroatoms. The number of hydrogen-bond acceptors (Lipinski definition) is 2. The molecule has 0 aliphatic heterocycles. The fourth-order valence-corrected chi connectivity index (χ4v) is 2.60. The molecular formula is C19H21FN3O+. The molecule has 0 heterocycles. The van der Waals surface area contributed by atoms with Crippen molar-refractivity contribution in [2.45, 2.75) is 19.9 Å². The second-order valence-electron chi connectivity index (χ2n) is 5.97. The van der Waals surface area contributed by atoms with Crippen LogP contribution in [0.1, 0.15) is 31.0 Å². The molecule has 0 radical (unpaired) electrons. The number of nitriles is 1. The van der Waals surface area contributed by atoms with Crippen molar-refractivity contribution >= 4 is 11.6 Å². The normalized spacial score (nSPS) is 11.8. The standard InChI is InChI=1S/C19H20FN3O/c1-13(2)19(14-7-9-16(20)10-8-14)22-12-18(24)23-17-6-4-3-5-15(17)11-21/h3-10,13,19,22H,12H2,1-2H3,(H,23,24)/p+1/t19-/m1/s1. The van der Waals surface area contributed by atoms with Crippen LogP contribution in [0.2, 0.25) is 0 Å². The van der Waals surface area contributed by atoms with Gasteiger partial charge in [-0.15, -0.1) is 0 Å². The van der Waals surface area contributed by atoms with E-state index in [2.05, 4.69) is 25.2 Å². The van der Waals surface area contributed by atoms with Crippen LogP contribution in [-0.2, 0) is 4.79 Å². The molecule has 2 rings (SSSR count). The SMILES string of the molecule is CC(C)[C@@H]([NH2+]CC(=O)Nc1ccccc1C#N)c1ccc(F)cc1. The van der Waals surface area contributed by atoms with Crippen LogP contribution >= 0.6 is 0 Å². The summed E-state index contributed by atoms with van der Waals surface area (Å²) >= 11 is 0. The first-order valence-corrected chi connectivity index (χ1v) is 7.89. The highest BCUT2D eigenvalue weighted by Crippen LogP contribution is 2.18. The van der Waals surface area contributed by atoms with Gasteiger partial charge < -0.3 is 10.6 Å². The molecule has 0 aliphatic rings. The van der Waals surface area contributed by atoms with Crippen molar-refractivity contribution in [3.63, 3.8) is 0 Å². The zero-order valence-corrected chi connectivity index (χ0v) is 13.8. The lowest BCUT2D eigenvalue weighted by molar-refractivity contribution is -0.692. The zero-order chi connectivity index (χ0) is 17.5. The first kappa shape index (κ1) is 17.6. The van der Waals surface area contributed by atoms with Crippen LogP contribution in [0.15, 0.2) is 48.5 Å². The van der Waals surface area contributed by atoms with Gasteiger partial charge in [0.1, 0.15) is 17.9 Å². The molecule has 0 aliphatic carbocycles. The molecular weight excluding hydrogens is 305 g/mol. The fraction of sp³-hybridized carbons (Fsp3) is 0.263. The predicted octanol–water partition coefficient (Wildman–Crippen LogP) is 2.60. The summed E-state index contributed by atoms with van der Waals surface area (Å²) < 4.78 is 13.1. The number of nitrogens with zero attached hydrogens (tertiary/aromatic N) is 1. The minimum absolute atomic E-state index is 0.0579. The Morgan fingerprint density at radius 1 is 1.21 bits per heavy atom. The third-order valence-corrected chi connectivity index (χ3v) is 3.85. The molecule has 0 bridgehead atoms. The molecule has 0 saturated carbocycles. The lowest BCUT2D eigenvalue weighted by Gasteiger charge is -2.19. The predicted molar refractivity (Wildman–Crippen MR) is 90.6 cm³/mol. The average molecular weight is 326 g/mol. The van der Waals surface area contributed by atoms with Crippen molar-refractivity contribution in [3.05, 3.63) is 65.5 Å². The Morgan fingerprint density at radius 2 is 1.88 bits per heavy atom. The highest BCUT2D eigenvalue weighted by Gasteiger charge is 2.20. The maximum atomic E-state index is 13.1. The van der Waals surface area contributed by atoms with E-state index in [9.17, 15) is 9.18 Å². The van der Waals surface area contributed by atoms with Crippen LogP contribution < -0.4 is 10.6 Å². The summed E-state index contributed by atoms with van der Waals surface area (Å²) in [4.78, 5) is 12.2. The van der Waals surface area contributed by atoms with Crippen LogP contribution in [0, 0.1) is 23.1 Å². The molecule has 2 aromatic carbocycles. The topological polar surface area (TPSA) is 69.5 Å². The van der Waals surface area contributed by atoms with Gasteiger partial charge in [-0.2, -0.15) is 5.26 Å². The van der Waals surface area contributed by atoms with Crippen LogP contribution in [0.5, 0.6) is 0 Å². The molecule has 3 N–H and O–H groups in total. The highest BCUT2D eigenvalue weighted by atomic mass is 19.1. The number of anilines is 1. The maximum Gasteiger partial charge on any atom is 0.279 e. The molecule has 0 spiro atoms. The number of carbonyl (C=O) groups is 1. The molecule has 0 fully saturated rings. The summed E-state index contributed by atoms with van der Waals surface area (Å²) in [6, 6.07) is 15.4. The Morgan fingerprint density at radius 3 is 2.50 bits per heavy atom. The van der Waals surface area contributed by atoms with E-state index in [1.54, 1.807) is 36.4 Å². The molecule has 0 unspecified atom stereocenters. The summed E-state index contributed by atoms with van der Waals surface area (Å²) in [7, 11) is 0. The number of nitrogens with two attached hydrogens (primary N) is 1. The molecule has 24 heavy (non-hydrogen) atoms. The Balaban J connectivity index is 2.00. The van der Waals surface area contributed by atoms with Crippen LogP contribution in [0.4, 0.5) is 10.1 Å². The van der Waals surface area contributed by atoms with Gasteiger partial charge in [0.15, 0.2) is 6.54 Å². The van der Waals surface area contributed by atoms with E-state index in [0.717, 1.165) is 5.56 Å². The van der Waals surface area contributed by atoms with Crippen LogP contribution in [0.25, 0.3) is 0 Å². The second-order valence-corrected chi connectivity index (χ2v) is 5.97. The number of nitrogens with one attached hydrogen (secondary N) is 1. The van der Waals surface area contributed by atoms with Gasteiger partial charge in [0.25, 0.3) is 5.91 Å². The Kier molecular flexibility index (Phi) is 6.05. The molecule has 4 nitrogen and oxygen atoms in total. The van der Waals surface area contributed by atoms with Crippen molar-refractivity contribution in [2.24, 2.45) is 5.92 Å². The minimum Gasteiger partial charge on any atom is -0.332 e. The smallest absolute Gasteiger partial charge is 0.279 e. The van der Waals surface area contributed by atoms with Crippen molar-refractivity contribution in [2.75, 3.05) is 11.9 Å². The lowest BCUT2D eigenvalue weighted by atomic mass is 9.96. The number of amides is 1. The van der Waals surface area contributed by atoms with Gasteiger partial charge in [-0.3, -0.25) is 4.79 Å². The van der Waals surface area contributed by atoms with Crippen molar-refractivity contribution in [1.29, 1.82) is 5.26 Å². The average Bonchev–Trinajstić information content (AvgIpc) is 2.57. The first-order valence-electron chi connectivity index (χ1n) is 7.89. The van der Waals surface area contributed by atoms with Gasteiger partial charge >= 0.3 is 0 Å². The summed E-state index contributed by atoms with van der Waals surface area (Å²) in [5.74, 6) is -0.160. The summed E-state index contributed by atoms with van der Waals surface area (Å²) in [6.45, 7) is 4.35. The maximum absolute atomic E-state index is 13.1. The van der Waals surface area contributed by atoms with Crippen molar-refractivity contribution in [3.8, 4) is 6.07 Å². The van der Waals surface area contributed by atoms with E-state index in [1.807, 2.05) is 5.32 Å². The van der Waals surface area contributed by atoms with E-state index >= 15 is 0 Å². The van der Waals surface area contributed by atoms with Gasteiger partial charge in [0, 0.05) is 11.5 Å². The quantitative estimate of drug-likeness (QED) is 0.856. The van der Waals surface area contributed by atoms with Gasteiger partial charge in [0.05, 0.1) is 11.3 Å². The van der Waals surface area contributed by atoms with Gasteiger partial charge in [-0.05, 0) is 24.3 Å². The molecule has 124 valence electrons. The van der Waals surface area contributed by atoms with E-state index in [4.69, 9.17) is 5.26 Å². The van der Waals surface area contributed by atoms with Gasteiger partial charge in [0.2, 0.25) is 0 Å². The van der Waals surface area contributed by atoms with Crippen LogP contribution in [0.3, 0.4) is 0 Å². The van der Waals surface area contributed by atoms with Gasteiger partial charge in [-0.1, -0.05) is 38.1 Å². The second kappa shape index (κ2) is 8.23. The van der Waals surface area contributed by atoms with E-state index in [-0.39, 0.29) is 30.2 Å². The van der Waals surface area contributed by atoms with E-state index in [0.29, 0.717) is 11.3 Å². The first-order chi connectivity index (χ1) is 11.5. The lowest BCUT2D eigenvalue weighted by Crippen LogP contribution is -2.88. The van der Waals surface area contributed by atoms with Crippen LogP contribution in [-0.4, -0.2) is 12.5 Å². The number of halogens is 1. The molecule has 2 aromatic rings. The Bertz CT molecular complexity index is 735. The third kappa shape index (κ3) is 4.64. The van der Waals surface area contributed by atoms with E-state index < -0.39 is 0 Å². The minimum atomic E-state index is -0.271. The number of hydrogen-bond donors (Lipinski definition) is 2. The van der Waals surface area contributed by atoms with E-state index in [1.165, 1.54) is 12.1 Å². The Labute approximate surface area is 141 Å². The number of quaternary nitrogens is 1. The van der Waals surface area contributed by atoms with Crippen molar-refractivity contribution < 1.29 is 14.5 Å².